The largest absolute Gasteiger partial charge is 0.213 e. The summed E-state index contributed by atoms with van der Waals surface area (Å²) < 4.78 is 26.4. The van der Waals surface area contributed by atoms with E-state index in [1.54, 1.807) is 0 Å². The van der Waals surface area contributed by atoms with E-state index < -0.39 is 11.8 Å². The van der Waals surface area contributed by atoms with Crippen LogP contribution in [0.15, 0.2) is 267 Å². The summed E-state index contributed by atoms with van der Waals surface area (Å²) in [5.41, 5.74) is 30.0. The summed E-state index contributed by atoms with van der Waals surface area (Å²) in [6.07, 6.45) is 10.8. The van der Waals surface area contributed by atoms with Crippen molar-refractivity contribution in [1.82, 2.24) is 0 Å². The molecule has 0 fully saturated rings. The molecule has 0 saturated carbocycles. The number of benzene rings is 8. The number of nitrogens with zero attached hydrogens (tertiary/aromatic N) is 4. The Hall–Kier alpha value is -9.64. The molecule has 0 aliphatic carbocycles. The van der Waals surface area contributed by atoms with Gasteiger partial charge in [-0.3, -0.25) is 0 Å². The molecule has 4 aromatic heterocycles. The molecule has 512 valence electrons. The van der Waals surface area contributed by atoms with Crippen LogP contribution in [0.25, 0.3) is 89.5 Å². The highest BCUT2D eigenvalue weighted by Crippen LogP contribution is 2.38. The standard InChI is InChI=1S/C25H30N.2C24H28N.C23H26N/c1-18-10-7-8-13-23(18)24-17-22(14-15-26(24)6)21-12-9-11-20(16-21)19(2)25(3,4)5;1-18-9-6-7-12-22(18)23-16-21(13-14-25(23)5)20-11-8-10-19(15-20)17-24(2,3)4;1-17(2)19(4)20-10-8-11-21(15-20)22-13-14-25(5)24(16-22)23-12-7-6-9-18(23)3;1-17(2)14-19-9-7-10-20(15-19)21-12-13-24(4)23(16-21)22-11-6-5-8-18(22)3/h7-17,19H,1-6H3;6-16H,17H2,1-5H3;6-17,19H,1-5H3;5-13,15-17H,14H2,1-4H3/q4*+1/i19D;;19D;. The van der Waals surface area contributed by atoms with Crippen LogP contribution in [0, 0.1) is 50.4 Å². The van der Waals surface area contributed by atoms with Gasteiger partial charge in [-0.25, -0.2) is 18.3 Å². The lowest BCUT2D eigenvalue weighted by Crippen LogP contribution is -2.30. The molecule has 0 bridgehead atoms. The lowest BCUT2D eigenvalue weighted by atomic mass is 9.77. The number of aryl methyl sites for hydroxylation is 8. The van der Waals surface area contributed by atoms with E-state index in [0.29, 0.717) is 11.3 Å². The maximum absolute atomic E-state index is 8.91. The first kappa shape index (κ1) is 71.6. The van der Waals surface area contributed by atoms with Gasteiger partial charge in [0.1, 0.15) is 28.2 Å². The van der Waals surface area contributed by atoms with Crippen LogP contribution < -0.4 is 18.3 Å². The summed E-state index contributed by atoms with van der Waals surface area (Å²) in [5, 5.41) is 0. The molecule has 2 unspecified atom stereocenters. The summed E-state index contributed by atoms with van der Waals surface area (Å²) in [7, 11) is 8.40. The predicted molar refractivity (Wildman–Crippen MR) is 426 cm³/mol. The third-order valence-corrected chi connectivity index (χ3v) is 19.5. The summed E-state index contributed by atoms with van der Waals surface area (Å²) in [4.78, 5) is 0. The molecule has 12 aromatic rings. The number of hydrogen-bond acceptors (Lipinski definition) is 0. The van der Waals surface area contributed by atoms with Gasteiger partial charge in [0.05, 0.1) is 0 Å². The monoisotopic (exact) mass is 1320 g/mol. The normalized spacial score (nSPS) is 12.9. The summed E-state index contributed by atoms with van der Waals surface area (Å²) in [5.74, 6) is -0.305. The molecule has 4 heteroatoms. The van der Waals surface area contributed by atoms with E-state index in [2.05, 4.69) is 411 Å². The smallest absolute Gasteiger partial charge is 0.201 e. The number of pyridine rings is 4. The quantitative estimate of drug-likeness (QED) is 0.0965. The highest BCUT2D eigenvalue weighted by Gasteiger charge is 2.24. The van der Waals surface area contributed by atoms with Crippen molar-refractivity contribution in [1.29, 1.82) is 0 Å². The van der Waals surface area contributed by atoms with Crippen molar-refractivity contribution in [2.24, 2.45) is 50.9 Å². The first-order valence-corrected chi connectivity index (χ1v) is 35.9. The predicted octanol–water partition coefficient (Wildman–Crippen LogP) is 23.3. The summed E-state index contributed by atoms with van der Waals surface area (Å²) in [6, 6.07) is 86.8. The topological polar surface area (TPSA) is 15.5 Å². The SMILES string of the molecule is Cc1ccccc1-c1cc(-c2cccc(CC(C)(C)C)c2)cc[n+]1C.Cc1ccccc1-c1cc(-c2cccc(CC(C)C)c2)cc[n+]1C.[2H]C(C)(c1cccc(-c2cc[n+](C)c(-c3ccccc3C)c2)c1)C(C)(C)C.[2H]C(C)(c1cccc(-c2cc[n+](C)c(-c3ccccc3C)c2)c1)C(C)C. The number of rotatable bonds is 14. The molecular formula is C96H112N4+4. The van der Waals surface area contributed by atoms with Crippen molar-refractivity contribution in [2.75, 3.05) is 0 Å². The van der Waals surface area contributed by atoms with Crippen LogP contribution in [-0.2, 0) is 41.0 Å². The van der Waals surface area contributed by atoms with Crippen molar-refractivity contribution in [2.45, 2.75) is 135 Å². The summed E-state index contributed by atoms with van der Waals surface area (Å²) >= 11 is 0. The fourth-order valence-corrected chi connectivity index (χ4v) is 13.0. The molecule has 100 heavy (non-hydrogen) atoms. The highest BCUT2D eigenvalue weighted by molar-refractivity contribution is 5.74. The van der Waals surface area contributed by atoms with Gasteiger partial charge < -0.3 is 0 Å². The van der Waals surface area contributed by atoms with E-state index in [0.717, 1.165) is 35.1 Å². The zero-order valence-corrected chi connectivity index (χ0v) is 63.8. The third-order valence-electron chi connectivity index (χ3n) is 19.5. The minimum Gasteiger partial charge on any atom is -0.201 e. The molecule has 0 N–H and O–H groups in total. The first-order valence-electron chi connectivity index (χ1n) is 36.9. The molecule has 12 rings (SSSR count). The Labute approximate surface area is 605 Å². The Morgan fingerprint density at radius 2 is 0.610 bits per heavy atom. The Bertz CT molecular complexity index is 4840. The van der Waals surface area contributed by atoms with Crippen LogP contribution >= 0.6 is 0 Å². The average Bonchev–Trinajstić information content (AvgIpc) is 0.794. The Morgan fingerprint density at radius 1 is 0.320 bits per heavy atom. The third kappa shape index (κ3) is 19.6. The van der Waals surface area contributed by atoms with Gasteiger partial charge >= 0.3 is 0 Å². The molecule has 0 radical (unpaired) electrons. The van der Waals surface area contributed by atoms with Gasteiger partial charge in [0.2, 0.25) is 22.8 Å². The molecule has 0 spiro atoms. The average molecular weight is 1320 g/mol. The van der Waals surface area contributed by atoms with Crippen LogP contribution in [0.4, 0.5) is 0 Å². The fourth-order valence-electron chi connectivity index (χ4n) is 13.0. The van der Waals surface area contributed by atoms with Crippen molar-refractivity contribution in [3.63, 3.8) is 0 Å². The van der Waals surface area contributed by atoms with Crippen LogP contribution in [0.1, 0.15) is 142 Å². The van der Waals surface area contributed by atoms with Gasteiger partial charge in [-0.1, -0.05) is 253 Å². The van der Waals surface area contributed by atoms with Gasteiger partial charge in [-0.2, -0.15) is 0 Å². The second-order valence-electron chi connectivity index (χ2n) is 30.5. The molecule has 2 atom stereocenters. The maximum Gasteiger partial charge on any atom is 0.213 e. The number of hydrogen-bond donors (Lipinski definition) is 0. The molecule has 4 nitrogen and oxygen atoms in total. The lowest BCUT2D eigenvalue weighted by Gasteiger charge is -2.28. The van der Waals surface area contributed by atoms with Crippen molar-refractivity contribution in [3.05, 3.63) is 312 Å². The minimum absolute atomic E-state index is 0.138. The second-order valence-corrected chi connectivity index (χ2v) is 30.5. The Morgan fingerprint density at radius 3 is 0.930 bits per heavy atom. The van der Waals surface area contributed by atoms with Gasteiger partial charge in [-0.15, -0.1) is 0 Å². The van der Waals surface area contributed by atoms with E-state index >= 15 is 0 Å². The van der Waals surface area contributed by atoms with Crippen LogP contribution in [-0.4, -0.2) is 0 Å². The van der Waals surface area contributed by atoms with Crippen LogP contribution in [0.5, 0.6) is 0 Å². The van der Waals surface area contributed by atoms with Crippen molar-refractivity contribution >= 4 is 0 Å². The van der Waals surface area contributed by atoms with Crippen LogP contribution in [0.3, 0.4) is 0 Å². The first-order chi connectivity index (χ1) is 48.3. The highest BCUT2D eigenvalue weighted by atomic mass is 14.9. The molecule has 0 saturated heterocycles. The van der Waals surface area contributed by atoms with E-state index in [1.165, 1.54) is 112 Å². The van der Waals surface area contributed by atoms with E-state index in [4.69, 9.17) is 2.74 Å². The summed E-state index contributed by atoms with van der Waals surface area (Å²) in [6.45, 7) is 34.7. The molecule has 8 aromatic carbocycles. The van der Waals surface area contributed by atoms with Crippen molar-refractivity contribution < 1.29 is 21.0 Å². The maximum atomic E-state index is 8.91. The van der Waals surface area contributed by atoms with Crippen LogP contribution in [0.2, 0.25) is 0 Å². The Kier molecular flexibility index (Phi) is 24.0. The van der Waals surface area contributed by atoms with E-state index in [-0.39, 0.29) is 11.3 Å². The van der Waals surface area contributed by atoms with Crippen molar-refractivity contribution in [3.8, 4) is 89.5 Å². The molecular weight excluding hydrogens is 1210 g/mol. The van der Waals surface area contributed by atoms with Gasteiger partial charge in [0, 0.05) is 73.5 Å². The van der Waals surface area contributed by atoms with Gasteiger partial charge in [0.25, 0.3) is 0 Å². The minimum atomic E-state index is -0.651. The number of aromatic nitrogens is 4. The van der Waals surface area contributed by atoms with E-state index in [9.17, 15) is 0 Å². The lowest BCUT2D eigenvalue weighted by molar-refractivity contribution is -0.660. The van der Waals surface area contributed by atoms with Gasteiger partial charge in [-0.05, 0) is 188 Å². The van der Waals surface area contributed by atoms with Gasteiger partial charge in [0.15, 0.2) is 24.8 Å². The zero-order chi connectivity index (χ0) is 73.8. The molecule has 0 aliphatic rings. The molecule has 4 heterocycles. The Balaban J connectivity index is 0.000000158. The van der Waals surface area contributed by atoms with E-state index in [1.807, 2.05) is 13.8 Å². The second kappa shape index (κ2) is 33.5. The fraction of sp³-hybridized carbons (Fsp3) is 0.292. The molecule has 0 amide bonds. The zero-order valence-electron chi connectivity index (χ0n) is 65.8. The molecule has 0 aliphatic heterocycles.